The molecule has 2 N–H and O–H groups in total. The molecule has 3 rings (SSSR count). The molecule has 0 unspecified atom stereocenters. The lowest BCUT2D eigenvalue weighted by Gasteiger charge is -2.27. The average molecular weight is 347 g/mol. The Morgan fingerprint density at radius 3 is 2.79 bits per heavy atom. The van der Waals surface area contributed by atoms with Gasteiger partial charge < -0.3 is 9.84 Å². The van der Waals surface area contributed by atoms with Gasteiger partial charge in [0.2, 0.25) is 21.7 Å². The van der Waals surface area contributed by atoms with Crippen molar-refractivity contribution in [3.05, 3.63) is 30.2 Å². The molecule has 0 amide bonds. The number of anilines is 1. The monoisotopic (exact) mass is 347 g/mol. The number of nitrogens with one attached hydrogen (secondary N) is 2. The minimum absolute atomic E-state index is 0.308. The second-order valence-electron chi connectivity index (χ2n) is 5.82. The summed E-state index contributed by atoms with van der Waals surface area (Å²) in [5, 5.41) is 16.7. The van der Waals surface area contributed by atoms with Gasteiger partial charge in [-0.2, -0.15) is 10.2 Å². The van der Waals surface area contributed by atoms with Crippen LogP contribution in [0.5, 0.6) is 0 Å². The molecule has 24 heavy (non-hydrogen) atoms. The lowest BCUT2D eigenvalue weighted by Crippen LogP contribution is -2.39. The van der Waals surface area contributed by atoms with Gasteiger partial charge in [-0.15, -0.1) is 0 Å². The van der Waals surface area contributed by atoms with Crippen molar-refractivity contribution in [2.75, 3.05) is 24.1 Å². The third-order valence-corrected chi connectivity index (χ3v) is 4.54. The largest absolute Gasteiger partial charge is 0.337 e. The first-order valence-corrected chi connectivity index (χ1v) is 9.35. The molecule has 2 aromatic rings. The van der Waals surface area contributed by atoms with Crippen molar-refractivity contribution >= 4 is 15.7 Å². The van der Waals surface area contributed by atoms with E-state index in [1.54, 1.807) is 24.3 Å². The van der Waals surface area contributed by atoms with Gasteiger partial charge >= 0.3 is 0 Å². The van der Waals surface area contributed by atoms with E-state index in [1.165, 1.54) is 0 Å². The van der Waals surface area contributed by atoms with Crippen LogP contribution >= 0.6 is 0 Å². The molecular weight excluding hydrogens is 330 g/mol. The number of aromatic nitrogens is 2. The van der Waals surface area contributed by atoms with Crippen molar-refractivity contribution in [1.29, 1.82) is 5.26 Å². The van der Waals surface area contributed by atoms with E-state index in [-0.39, 0.29) is 0 Å². The fraction of sp³-hybridized carbons (Fsp3) is 0.400. The van der Waals surface area contributed by atoms with Crippen LogP contribution in [0.4, 0.5) is 5.69 Å². The summed E-state index contributed by atoms with van der Waals surface area (Å²) < 4.78 is 30.4. The fourth-order valence-corrected chi connectivity index (χ4v) is 3.25. The molecule has 1 aliphatic rings. The minimum atomic E-state index is -3.37. The van der Waals surface area contributed by atoms with Crippen LogP contribution in [0.1, 0.15) is 18.7 Å². The van der Waals surface area contributed by atoms with E-state index in [0.29, 0.717) is 35.8 Å². The van der Waals surface area contributed by atoms with Crippen LogP contribution in [0.3, 0.4) is 0 Å². The Kier molecular flexibility index (Phi) is 4.26. The van der Waals surface area contributed by atoms with Gasteiger partial charge in [-0.25, -0.2) is 8.42 Å². The van der Waals surface area contributed by atoms with Gasteiger partial charge in [0.05, 0.1) is 12.3 Å². The molecule has 1 saturated heterocycles. The van der Waals surface area contributed by atoms with E-state index in [0.717, 1.165) is 19.3 Å². The second-order valence-corrected chi connectivity index (χ2v) is 7.57. The van der Waals surface area contributed by atoms with E-state index < -0.39 is 15.4 Å². The molecule has 0 radical (unpaired) electrons. The Labute approximate surface area is 139 Å². The van der Waals surface area contributed by atoms with E-state index in [9.17, 15) is 13.7 Å². The van der Waals surface area contributed by atoms with Crippen molar-refractivity contribution in [2.45, 2.75) is 18.3 Å². The Balaban J connectivity index is 1.91. The molecule has 1 aromatic heterocycles. The van der Waals surface area contributed by atoms with Gasteiger partial charge in [0.15, 0.2) is 0 Å². The average Bonchev–Trinajstić information content (AvgIpc) is 3.05. The van der Waals surface area contributed by atoms with E-state index in [4.69, 9.17) is 4.52 Å². The number of hydrogen-bond donors (Lipinski definition) is 2. The summed E-state index contributed by atoms with van der Waals surface area (Å²) in [6, 6.07) is 9.02. The summed E-state index contributed by atoms with van der Waals surface area (Å²) >= 11 is 0. The molecule has 0 atom stereocenters. The van der Waals surface area contributed by atoms with Gasteiger partial charge in [-0.1, -0.05) is 17.3 Å². The molecule has 1 aromatic carbocycles. The Hall–Kier alpha value is -2.44. The molecule has 126 valence electrons. The molecule has 0 spiro atoms. The predicted molar refractivity (Wildman–Crippen MR) is 87.6 cm³/mol. The highest BCUT2D eigenvalue weighted by Crippen LogP contribution is 2.33. The summed E-state index contributed by atoms with van der Waals surface area (Å²) in [6.07, 6.45) is 2.31. The quantitative estimate of drug-likeness (QED) is 0.853. The molecule has 0 saturated carbocycles. The summed E-state index contributed by atoms with van der Waals surface area (Å²) in [5.41, 5.74) is 0.262. The summed E-state index contributed by atoms with van der Waals surface area (Å²) in [5.74, 6) is 0.637. The van der Waals surface area contributed by atoms with Crippen LogP contribution in [0.15, 0.2) is 28.8 Å². The first-order chi connectivity index (χ1) is 11.4. The van der Waals surface area contributed by atoms with E-state index in [1.807, 2.05) is 0 Å². The molecular formula is C15H17N5O3S. The molecule has 1 fully saturated rings. The lowest BCUT2D eigenvalue weighted by atomic mass is 9.80. The first-order valence-electron chi connectivity index (χ1n) is 7.46. The number of benzene rings is 1. The van der Waals surface area contributed by atoms with Crippen molar-refractivity contribution < 1.29 is 12.9 Å². The van der Waals surface area contributed by atoms with Crippen LogP contribution in [-0.2, 0) is 15.4 Å². The Bertz CT molecular complexity index is 879. The van der Waals surface area contributed by atoms with Crippen molar-refractivity contribution in [1.82, 2.24) is 15.5 Å². The number of nitriles is 1. The molecule has 0 bridgehead atoms. The topological polar surface area (TPSA) is 121 Å². The van der Waals surface area contributed by atoms with Gasteiger partial charge in [-0.05, 0) is 38.1 Å². The minimum Gasteiger partial charge on any atom is -0.337 e. The van der Waals surface area contributed by atoms with Crippen LogP contribution in [0.25, 0.3) is 11.4 Å². The van der Waals surface area contributed by atoms with Gasteiger partial charge in [0.1, 0.15) is 5.41 Å². The number of piperidine rings is 1. The number of rotatable bonds is 4. The molecule has 8 nitrogen and oxygen atoms in total. The van der Waals surface area contributed by atoms with Crippen LogP contribution in [0, 0.1) is 11.3 Å². The van der Waals surface area contributed by atoms with Crippen molar-refractivity contribution in [3.8, 4) is 17.5 Å². The first kappa shape index (κ1) is 16.4. The second kappa shape index (κ2) is 6.22. The lowest BCUT2D eigenvalue weighted by molar-refractivity contribution is 0.273. The summed E-state index contributed by atoms with van der Waals surface area (Å²) in [7, 11) is -3.37. The van der Waals surface area contributed by atoms with E-state index >= 15 is 0 Å². The SMILES string of the molecule is CS(=O)(=O)Nc1cccc(-c2noc(C3(C#N)CCNCC3)n2)c1. The zero-order valence-electron chi connectivity index (χ0n) is 13.1. The zero-order chi connectivity index (χ0) is 17.2. The highest BCUT2D eigenvalue weighted by molar-refractivity contribution is 7.92. The highest BCUT2D eigenvalue weighted by atomic mass is 32.2. The van der Waals surface area contributed by atoms with Gasteiger partial charge in [0.25, 0.3) is 0 Å². The van der Waals surface area contributed by atoms with Gasteiger partial charge in [-0.3, -0.25) is 4.72 Å². The van der Waals surface area contributed by atoms with Gasteiger partial charge in [0, 0.05) is 11.3 Å². The number of hydrogen-bond acceptors (Lipinski definition) is 7. The Morgan fingerprint density at radius 1 is 1.38 bits per heavy atom. The smallest absolute Gasteiger partial charge is 0.247 e. The van der Waals surface area contributed by atoms with E-state index in [2.05, 4.69) is 26.2 Å². The Morgan fingerprint density at radius 2 is 2.12 bits per heavy atom. The maximum atomic E-state index is 11.3. The number of nitrogens with zero attached hydrogens (tertiary/aromatic N) is 3. The molecule has 1 aliphatic heterocycles. The normalized spacial score (nSPS) is 17.2. The van der Waals surface area contributed by atoms with Crippen LogP contribution in [-0.4, -0.2) is 37.9 Å². The summed E-state index contributed by atoms with van der Waals surface area (Å²) in [4.78, 5) is 4.38. The van der Waals surface area contributed by atoms with Crippen LogP contribution < -0.4 is 10.0 Å². The molecule has 9 heteroatoms. The third-order valence-electron chi connectivity index (χ3n) is 3.93. The van der Waals surface area contributed by atoms with Crippen molar-refractivity contribution in [2.24, 2.45) is 0 Å². The van der Waals surface area contributed by atoms with Crippen LogP contribution in [0.2, 0.25) is 0 Å². The summed E-state index contributed by atoms with van der Waals surface area (Å²) in [6.45, 7) is 1.44. The maximum Gasteiger partial charge on any atom is 0.247 e. The highest BCUT2D eigenvalue weighted by Gasteiger charge is 2.39. The predicted octanol–water partition coefficient (Wildman–Crippen LogP) is 1.25. The molecule has 2 heterocycles. The third kappa shape index (κ3) is 3.39. The maximum absolute atomic E-state index is 11.3. The number of sulfonamides is 1. The van der Waals surface area contributed by atoms with Crippen molar-refractivity contribution in [3.63, 3.8) is 0 Å². The fourth-order valence-electron chi connectivity index (χ4n) is 2.70. The zero-order valence-corrected chi connectivity index (χ0v) is 13.9. The molecule has 0 aliphatic carbocycles. The standard InChI is InChI=1S/C15H17N5O3S/c1-24(21,22)20-12-4-2-3-11(9-12)13-18-14(23-19-13)15(10-16)5-7-17-8-6-15/h2-4,9,17,20H,5-8H2,1H3.